The van der Waals surface area contributed by atoms with Crippen molar-refractivity contribution in [1.82, 2.24) is 9.91 Å². The Kier molecular flexibility index (Phi) is 5.79. The van der Waals surface area contributed by atoms with Crippen LogP contribution in [-0.2, 0) is 26.0 Å². The molecule has 2 aliphatic rings. The quantitative estimate of drug-likeness (QED) is 0.730. The fraction of sp³-hybridized carbons (Fsp3) is 0.471. The van der Waals surface area contributed by atoms with E-state index in [0.717, 1.165) is 5.56 Å². The second kappa shape index (κ2) is 7.77. The predicted molar refractivity (Wildman–Crippen MR) is 104 cm³/mol. The Hall–Kier alpha value is -1.64. The van der Waals surface area contributed by atoms with E-state index in [-0.39, 0.29) is 48.4 Å². The lowest BCUT2D eigenvalue weighted by Crippen LogP contribution is -2.44. The molecule has 1 aromatic carbocycles. The fourth-order valence-electron chi connectivity index (χ4n) is 3.18. The van der Waals surface area contributed by atoms with Crippen LogP contribution in [0.25, 0.3) is 0 Å². The van der Waals surface area contributed by atoms with Gasteiger partial charge in [-0.2, -0.15) is 5.10 Å². The smallest absolute Gasteiger partial charge is 0.270 e. The Morgan fingerprint density at radius 2 is 2.07 bits per heavy atom. The minimum atomic E-state index is -3.16. The zero-order valence-electron chi connectivity index (χ0n) is 14.7. The Bertz CT molecular complexity index is 917. The van der Waals surface area contributed by atoms with Crippen molar-refractivity contribution in [2.75, 3.05) is 18.6 Å². The lowest BCUT2D eigenvalue weighted by molar-refractivity contribution is -0.134. The third-order valence-electron chi connectivity index (χ3n) is 4.63. The highest BCUT2D eigenvalue weighted by Gasteiger charge is 2.37. The average Bonchev–Trinajstić information content (AvgIpc) is 2.97. The van der Waals surface area contributed by atoms with Crippen molar-refractivity contribution in [2.45, 2.75) is 31.8 Å². The number of amides is 2. The van der Waals surface area contributed by atoms with Crippen molar-refractivity contribution in [3.8, 4) is 0 Å². The van der Waals surface area contributed by atoms with E-state index in [1.54, 1.807) is 25.2 Å². The van der Waals surface area contributed by atoms with E-state index in [1.165, 1.54) is 9.91 Å². The number of benzene rings is 1. The summed E-state index contributed by atoms with van der Waals surface area (Å²) in [5.41, 5.74) is 0.981. The maximum atomic E-state index is 12.7. The normalized spacial score (nSPS) is 21.9. The number of hydrogen-bond acceptors (Lipinski definition) is 5. The van der Waals surface area contributed by atoms with Gasteiger partial charge in [-0.05, 0) is 24.1 Å². The van der Waals surface area contributed by atoms with Gasteiger partial charge in [0.1, 0.15) is 5.71 Å². The summed E-state index contributed by atoms with van der Waals surface area (Å²) in [5.74, 6) is -0.647. The van der Waals surface area contributed by atoms with Gasteiger partial charge in [0.15, 0.2) is 9.84 Å². The molecule has 1 saturated heterocycles. The lowest BCUT2D eigenvalue weighted by Gasteiger charge is -2.29. The monoisotopic (exact) mass is 431 g/mol. The van der Waals surface area contributed by atoms with Crippen LogP contribution in [0.3, 0.4) is 0 Å². The number of nitrogens with zero attached hydrogens (tertiary/aromatic N) is 3. The van der Waals surface area contributed by atoms with E-state index in [9.17, 15) is 18.0 Å². The molecule has 1 aromatic rings. The maximum absolute atomic E-state index is 12.7. The first-order chi connectivity index (χ1) is 12.7. The zero-order chi connectivity index (χ0) is 19.8. The molecule has 0 saturated carbocycles. The zero-order valence-corrected chi connectivity index (χ0v) is 17.0. The molecule has 0 radical (unpaired) electrons. The molecule has 7 nitrogen and oxygen atoms in total. The molecule has 10 heteroatoms. The number of rotatable bonds is 4. The molecule has 0 bridgehead atoms. The summed E-state index contributed by atoms with van der Waals surface area (Å²) >= 11 is 12.0. The molecule has 146 valence electrons. The van der Waals surface area contributed by atoms with Crippen LogP contribution in [-0.4, -0.2) is 60.4 Å². The molecule has 0 aliphatic carbocycles. The summed E-state index contributed by atoms with van der Waals surface area (Å²) in [6.07, 6.45) is 0.707. The van der Waals surface area contributed by atoms with Crippen LogP contribution < -0.4 is 0 Å². The predicted octanol–water partition coefficient (Wildman–Crippen LogP) is 2.12. The number of halogens is 2. The van der Waals surface area contributed by atoms with Crippen LogP contribution in [0.4, 0.5) is 0 Å². The molecule has 2 amide bonds. The maximum Gasteiger partial charge on any atom is 0.270 e. The van der Waals surface area contributed by atoms with Gasteiger partial charge in [0.2, 0.25) is 5.91 Å². The molecule has 27 heavy (non-hydrogen) atoms. The number of hydrazone groups is 1. The van der Waals surface area contributed by atoms with E-state index in [2.05, 4.69) is 5.10 Å². The van der Waals surface area contributed by atoms with Crippen LogP contribution in [0.15, 0.2) is 23.3 Å². The highest BCUT2D eigenvalue weighted by atomic mass is 35.5. The fourth-order valence-corrected chi connectivity index (χ4v) is 5.34. The van der Waals surface area contributed by atoms with Gasteiger partial charge in [0.25, 0.3) is 5.91 Å². The summed E-state index contributed by atoms with van der Waals surface area (Å²) in [5, 5.41) is 6.35. The molecule has 1 atom stereocenters. The van der Waals surface area contributed by atoms with Crippen molar-refractivity contribution in [3.63, 3.8) is 0 Å². The lowest BCUT2D eigenvalue weighted by atomic mass is 10.1. The summed E-state index contributed by atoms with van der Waals surface area (Å²) < 4.78 is 23.4. The van der Waals surface area contributed by atoms with Gasteiger partial charge in [-0.15, -0.1) is 0 Å². The molecule has 3 rings (SSSR count). The van der Waals surface area contributed by atoms with Gasteiger partial charge in [0, 0.05) is 36.5 Å². The molecule has 2 heterocycles. The van der Waals surface area contributed by atoms with Gasteiger partial charge >= 0.3 is 0 Å². The molecule has 0 spiro atoms. The first-order valence-corrected chi connectivity index (χ1v) is 11.0. The highest BCUT2D eigenvalue weighted by Crippen LogP contribution is 2.24. The van der Waals surface area contributed by atoms with E-state index >= 15 is 0 Å². The second-order valence-electron chi connectivity index (χ2n) is 6.74. The average molecular weight is 432 g/mol. The van der Waals surface area contributed by atoms with E-state index in [0.29, 0.717) is 16.5 Å². The van der Waals surface area contributed by atoms with E-state index < -0.39 is 15.9 Å². The molecule has 0 aromatic heterocycles. The second-order valence-corrected chi connectivity index (χ2v) is 9.81. The van der Waals surface area contributed by atoms with E-state index in [4.69, 9.17) is 23.2 Å². The van der Waals surface area contributed by atoms with Crippen molar-refractivity contribution in [1.29, 1.82) is 0 Å². The first-order valence-electron chi connectivity index (χ1n) is 8.45. The van der Waals surface area contributed by atoms with Crippen LogP contribution in [0.1, 0.15) is 24.8 Å². The third-order valence-corrected chi connectivity index (χ3v) is 6.97. The van der Waals surface area contributed by atoms with E-state index in [1.807, 2.05) is 0 Å². The Balaban J connectivity index is 1.74. The standard InChI is InChI=1S/C17H19Cl2N3O4S/c1-21(9-11-2-3-12(18)8-14(11)19)17(24)15-4-5-16(23)22(20-15)13-6-7-27(25,26)10-13/h2-3,8,13H,4-7,9-10H2,1H3. The number of carbonyl (C=O) groups is 2. The number of carbonyl (C=O) groups excluding carboxylic acids is 2. The van der Waals surface area contributed by atoms with Gasteiger partial charge < -0.3 is 4.90 Å². The minimum absolute atomic E-state index is 0.0369. The SMILES string of the molecule is CN(Cc1ccc(Cl)cc1Cl)C(=O)C1=NN(C2CCS(=O)(=O)C2)C(=O)CC1. The van der Waals surface area contributed by atoms with Crippen LogP contribution in [0.2, 0.25) is 10.0 Å². The van der Waals surface area contributed by atoms with Crippen molar-refractivity contribution in [2.24, 2.45) is 5.10 Å². The van der Waals surface area contributed by atoms with Gasteiger partial charge in [0.05, 0.1) is 17.5 Å². The molecular formula is C17H19Cl2N3O4S. The van der Waals surface area contributed by atoms with Crippen LogP contribution >= 0.6 is 23.2 Å². The number of sulfone groups is 1. The van der Waals surface area contributed by atoms with Crippen molar-refractivity contribution < 1.29 is 18.0 Å². The van der Waals surface area contributed by atoms with Crippen LogP contribution in [0.5, 0.6) is 0 Å². The topological polar surface area (TPSA) is 87.1 Å². The van der Waals surface area contributed by atoms with Gasteiger partial charge in [-0.25, -0.2) is 13.4 Å². The Morgan fingerprint density at radius 3 is 2.70 bits per heavy atom. The minimum Gasteiger partial charge on any atom is -0.336 e. The Labute approximate surface area is 167 Å². The third kappa shape index (κ3) is 4.62. The van der Waals surface area contributed by atoms with Crippen molar-refractivity contribution >= 4 is 50.6 Å². The largest absolute Gasteiger partial charge is 0.336 e. The van der Waals surface area contributed by atoms with Gasteiger partial charge in [-0.1, -0.05) is 29.3 Å². The molecule has 1 unspecified atom stereocenters. The summed E-state index contributed by atoms with van der Waals surface area (Å²) in [6, 6.07) is 4.55. The number of hydrogen-bond donors (Lipinski definition) is 0. The Morgan fingerprint density at radius 1 is 1.33 bits per heavy atom. The van der Waals surface area contributed by atoms with Crippen molar-refractivity contribution in [3.05, 3.63) is 33.8 Å². The van der Waals surface area contributed by atoms with Gasteiger partial charge in [-0.3, -0.25) is 9.59 Å². The molecular weight excluding hydrogens is 413 g/mol. The van der Waals surface area contributed by atoms with Crippen LogP contribution in [0, 0.1) is 0 Å². The summed E-state index contributed by atoms with van der Waals surface area (Å²) in [4.78, 5) is 26.4. The summed E-state index contributed by atoms with van der Waals surface area (Å²) in [7, 11) is -1.53. The first kappa shape index (κ1) is 20.1. The molecule has 2 aliphatic heterocycles. The summed E-state index contributed by atoms with van der Waals surface area (Å²) in [6.45, 7) is 0.264. The molecule has 1 fully saturated rings. The molecule has 0 N–H and O–H groups in total. The highest BCUT2D eigenvalue weighted by molar-refractivity contribution is 7.91.